The van der Waals surface area contributed by atoms with Gasteiger partial charge in [0.15, 0.2) is 5.82 Å². The summed E-state index contributed by atoms with van der Waals surface area (Å²) in [5, 5.41) is 1.02. The molecule has 0 atom stereocenters. The van der Waals surface area contributed by atoms with Gasteiger partial charge in [0.1, 0.15) is 10.7 Å². The molecule has 5 nitrogen and oxygen atoms in total. The van der Waals surface area contributed by atoms with Crippen molar-refractivity contribution in [3.63, 3.8) is 0 Å². The molecule has 0 amide bonds. The zero-order valence-corrected chi connectivity index (χ0v) is 11.0. The van der Waals surface area contributed by atoms with Crippen molar-refractivity contribution >= 4 is 27.4 Å². The van der Waals surface area contributed by atoms with Crippen LogP contribution in [0, 0.1) is 13.8 Å². The quantitative estimate of drug-likeness (QED) is 0.641. The summed E-state index contributed by atoms with van der Waals surface area (Å²) in [4.78, 5) is 11.2. The number of nitrogens with two attached hydrogens (primary N) is 1. The van der Waals surface area contributed by atoms with Gasteiger partial charge in [0.2, 0.25) is 0 Å². The average Bonchev–Trinajstić information content (AvgIpc) is 2.61. The molecule has 0 spiro atoms. The number of hydrogen-bond acceptors (Lipinski definition) is 6. The van der Waals surface area contributed by atoms with Crippen LogP contribution in [-0.2, 0) is 11.2 Å². The Morgan fingerprint density at radius 1 is 1.35 bits per heavy atom. The topological polar surface area (TPSA) is 73.1 Å². The molecule has 0 radical (unpaired) electrons. The number of nitrogen functional groups attached to an aromatic ring is 1. The summed E-state index contributed by atoms with van der Waals surface area (Å²) < 4.78 is 5.03. The van der Waals surface area contributed by atoms with E-state index in [2.05, 4.69) is 29.2 Å². The largest absolute Gasteiger partial charge is 0.384 e. The van der Waals surface area contributed by atoms with Gasteiger partial charge in [0.05, 0.1) is 12.0 Å². The summed E-state index contributed by atoms with van der Waals surface area (Å²) in [6, 6.07) is 0. The molecule has 0 aliphatic heterocycles. The molecule has 0 bridgehead atoms. The number of aromatic nitrogens is 2. The first kappa shape index (κ1) is 12.2. The van der Waals surface area contributed by atoms with Crippen molar-refractivity contribution in [2.45, 2.75) is 20.3 Å². The van der Waals surface area contributed by atoms with Crippen LogP contribution in [-0.4, -0.2) is 23.7 Å². The van der Waals surface area contributed by atoms with E-state index in [0.29, 0.717) is 18.8 Å². The summed E-state index contributed by atoms with van der Waals surface area (Å²) in [5.74, 6) is 6.98. The van der Waals surface area contributed by atoms with E-state index in [1.165, 1.54) is 10.4 Å². The summed E-state index contributed by atoms with van der Waals surface area (Å²) in [6.07, 6.45) is 0.692. The predicted molar refractivity (Wildman–Crippen MR) is 70.3 cm³/mol. The van der Waals surface area contributed by atoms with Gasteiger partial charge in [-0.25, -0.2) is 15.8 Å². The van der Waals surface area contributed by atoms with Crippen molar-refractivity contribution in [1.29, 1.82) is 0 Å². The molecule has 0 aliphatic rings. The number of hydrazine groups is 1. The van der Waals surface area contributed by atoms with Crippen molar-refractivity contribution in [3.05, 3.63) is 16.3 Å². The van der Waals surface area contributed by atoms with Gasteiger partial charge in [-0.2, -0.15) is 0 Å². The highest BCUT2D eigenvalue weighted by atomic mass is 32.1. The standard InChI is InChI=1S/C11H16N4OS/c1-6-7(2)17-11-9(6)10(15-12)13-8(14-11)4-5-16-3/h4-5,12H2,1-3H3,(H,13,14,15). The van der Waals surface area contributed by atoms with Gasteiger partial charge in [-0.15, -0.1) is 11.3 Å². The van der Waals surface area contributed by atoms with E-state index in [-0.39, 0.29) is 0 Å². The van der Waals surface area contributed by atoms with E-state index in [4.69, 9.17) is 10.6 Å². The van der Waals surface area contributed by atoms with Crippen molar-refractivity contribution in [3.8, 4) is 0 Å². The molecule has 0 aliphatic carbocycles. The molecule has 2 rings (SSSR count). The number of methoxy groups -OCH3 is 1. The second-order valence-electron chi connectivity index (χ2n) is 3.84. The van der Waals surface area contributed by atoms with E-state index in [1.54, 1.807) is 18.4 Å². The third kappa shape index (κ3) is 2.24. The predicted octanol–water partition coefficient (Wildman–Crippen LogP) is 1.78. The zero-order chi connectivity index (χ0) is 12.4. The third-order valence-corrected chi connectivity index (χ3v) is 3.84. The average molecular weight is 252 g/mol. The van der Waals surface area contributed by atoms with Crippen LogP contribution in [0.25, 0.3) is 10.2 Å². The molecule has 3 N–H and O–H groups in total. The first-order valence-electron chi connectivity index (χ1n) is 5.39. The maximum absolute atomic E-state index is 5.52. The molecule has 0 saturated carbocycles. The lowest BCUT2D eigenvalue weighted by Crippen LogP contribution is -2.11. The second-order valence-corrected chi connectivity index (χ2v) is 5.04. The van der Waals surface area contributed by atoms with Gasteiger partial charge in [-0.3, -0.25) is 0 Å². The summed E-state index contributed by atoms with van der Waals surface area (Å²) in [7, 11) is 1.67. The Labute approximate surface area is 104 Å². The molecule has 2 heterocycles. The lowest BCUT2D eigenvalue weighted by molar-refractivity contribution is 0.200. The SMILES string of the molecule is COCCc1nc(NN)c2c(C)c(C)sc2n1. The van der Waals surface area contributed by atoms with E-state index in [9.17, 15) is 0 Å². The third-order valence-electron chi connectivity index (χ3n) is 2.74. The van der Waals surface area contributed by atoms with Crippen LogP contribution in [0.3, 0.4) is 0 Å². The number of nitrogens with zero attached hydrogens (tertiary/aromatic N) is 2. The van der Waals surface area contributed by atoms with E-state index >= 15 is 0 Å². The van der Waals surface area contributed by atoms with Gasteiger partial charge in [-0.1, -0.05) is 0 Å². The number of nitrogens with one attached hydrogen (secondary N) is 1. The molecule has 0 saturated heterocycles. The Hall–Kier alpha value is -1.24. The molecular weight excluding hydrogens is 236 g/mol. The van der Waals surface area contributed by atoms with Crippen molar-refractivity contribution in [1.82, 2.24) is 9.97 Å². The summed E-state index contributed by atoms with van der Waals surface area (Å²) in [6.45, 7) is 4.75. The minimum absolute atomic E-state index is 0.610. The minimum atomic E-state index is 0.610. The number of aryl methyl sites for hydroxylation is 2. The Kier molecular flexibility index (Phi) is 3.56. The van der Waals surface area contributed by atoms with Gasteiger partial charge in [0.25, 0.3) is 0 Å². The van der Waals surface area contributed by atoms with E-state index in [0.717, 1.165) is 16.0 Å². The first-order chi connectivity index (χ1) is 8.17. The molecule has 0 aromatic carbocycles. The second kappa shape index (κ2) is 4.95. The number of rotatable bonds is 4. The minimum Gasteiger partial charge on any atom is -0.384 e. The number of ether oxygens (including phenoxy) is 1. The monoisotopic (exact) mass is 252 g/mol. The van der Waals surface area contributed by atoms with Crippen molar-refractivity contribution in [2.75, 3.05) is 19.1 Å². The Balaban J connectivity index is 2.54. The Bertz CT molecular complexity index is 538. The zero-order valence-electron chi connectivity index (χ0n) is 10.2. The normalized spacial score (nSPS) is 11.1. The van der Waals surface area contributed by atoms with Gasteiger partial charge < -0.3 is 10.2 Å². The summed E-state index contributed by atoms with van der Waals surface area (Å²) in [5.41, 5.74) is 3.85. The molecule has 2 aromatic heterocycles. The molecule has 6 heteroatoms. The van der Waals surface area contributed by atoms with E-state index < -0.39 is 0 Å². The molecule has 92 valence electrons. The fourth-order valence-electron chi connectivity index (χ4n) is 1.70. The fraction of sp³-hybridized carbons (Fsp3) is 0.455. The fourth-order valence-corrected chi connectivity index (χ4v) is 2.75. The Morgan fingerprint density at radius 2 is 2.12 bits per heavy atom. The first-order valence-corrected chi connectivity index (χ1v) is 6.21. The summed E-state index contributed by atoms with van der Waals surface area (Å²) >= 11 is 1.67. The van der Waals surface area contributed by atoms with Crippen LogP contribution >= 0.6 is 11.3 Å². The Morgan fingerprint density at radius 3 is 2.76 bits per heavy atom. The number of thiophene rings is 1. The van der Waals surface area contributed by atoms with Crippen LogP contribution in [0.1, 0.15) is 16.3 Å². The maximum atomic E-state index is 5.52. The molecule has 17 heavy (non-hydrogen) atoms. The van der Waals surface area contributed by atoms with Gasteiger partial charge in [0, 0.05) is 18.4 Å². The number of anilines is 1. The van der Waals surface area contributed by atoms with Crippen LogP contribution < -0.4 is 11.3 Å². The molecular formula is C11H16N4OS. The highest BCUT2D eigenvalue weighted by Crippen LogP contribution is 2.32. The highest BCUT2D eigenvalue weighted by Gasteiger charge is 2.13. The molecule has 2 aromatic rings. The maximum Gasteiger partial charge on any atom is 0.152 e. The smallest absolute Gasteiger partial charge is 0.152 e. The number of hydrogen-bond donors (Lipinski definition) is 2. The van der Waals surface area contributed by atoms with Gasteiger partial charge in [-0.05, 0) is 19.4 Å². The number of fused-ring (bicyclic) bond motifs is 1. The highest BCUT2D eigenvalue weighted by molar-refractivity contribution is 7.18. The van der Waals surface area contributed by atoms with Crippen LogP contribution in [0.5, 0.6) is 0 Å². The van der Waals surface area contributed by atoms with Crippen LogP contribution in [0.15, 0.2) is 0 Å². The van der Waals surface area contributed by atoms with Crippen molar-refractivity contribution < 1.29 is 4.74 Å². The van der Waals surface area contributed by atoms with Gasteiger partial charge >= 0.3 is 0 Å². The molecule has 0 fully saturated rings. The van der Waals surface area contributed by atoms with Crippen LogP contribution in [0.4, 0.5) is 5.82 Å². The van der Waals surface area contributed by atoms with Crippen molar-refractivity contribution in [2.24, 2.45) is 5.84 Å². The van der Waals surface area contributed by atoms with E-state index in [1.807, 2.05) is 0 Å². The lowest BCUT2D eigenvalue weighted by Gasteiger charge is -2.05. The molecule has 0 unspecified atom stereocenters. The van der Waals surface area contributed by atoms with Crippen LogP contribution in [0.2, 0.25) is 0 Å². The lowest BCUT2D eigenvalue weighted by atomic mass is 10.2.